The van der Waals surface area contributed by atoms with Crippen LogP contribution in [0.15, 0.2) is 35.9 Å². The minimum atomic E-state index is -4.17. The summed E-state index contributed by atoms with van der Waals surface area (Å²) in [5.74, 6) is 0. The number of halogens is 3. The number of nitrogens with one attached hydrogen (secondary N) is 1. The van der Waals surface area contributed by atoms with Crippen molar-refractivity contribution in [2.24, 2.45) is 0 Å². The number of hydrogen-bond donors (Lipinski definition) is 1. The lowest BCUT2D eigenvalue weighted by molar-refractivity contribution is -0.0960. The molecular weight excluding hydrogens is 277 g/mol. The topological polar surface area (TPSA) is 15.3 Å². The van der Waals surface area contributed by atoms with Crippen LogP contribution in [0.4, 0.5) is 13.2 Å². The van der Waals surface area contributed by atoms with Crippen LogP contribution in [0.3, 0.4) is 0 Å². The van der Waals surface area contributed by atoms with Crippen LogP contribution in [0.1, 0.15) is 24.5 Å². The monoisotopic (exact) mass is 298 g/mol. The van der Waals surface area contributed by atoms with E-state index in [0.29, 0.717) is 19.6 Å². The average molecular weight is 298 g/mol. The molecule has 5 heteroatoms. The van der Waals surface area contributed by atoms with Crippen molar-refractivity contribution in [3.05, 3.63) is 47.0 Å². The van der Waals surface area contributed by atoms with Crippen molar-refractivity contribution in [1.82, 2.24) is 10.2 Å². The van der Waals surface area contributed by atoms with Crippen molar-refractivity contribution in [2.45, 2.75) is 32.6 Å². The Balaban J connectivity index is 1.99. The molecule has 21 heavy (non-hydrogen) atoms. The van der Waals surface area contributed by atoms with Crippen molar-refractivity contribution in [3.8, 4) is 0 Å². The van der Waals surface area contributed by atoms with E-state index in [0.717, 1.165) is 13.1 Å². The fourth-order valence-electron chi connectivity index (χ4n) is 2.50. The molecule has 1 aliphatic heterocycles. The molecule has 0 aromatic heterocycles. The maximum Gasteiger partial charge on any atom is 0.412 e. The summed E-state index contributed by atoms with van der Waals surface area (Å²) in [6.07, 6.45) is -2.77. The largest absolute Gasteiger partial charge is 0.412 e. The highest BCUT2D eigenvalue weighted by Gasteiger charge is 2.34. The molecule has 1 heterocycles. The third kappa shape index (κ3) is 4.58. The van der Waals surface area contributed by atoms with Gasteiger partial charge in [-0.3, -0.25) is 4.90 Å². The maximum atomic E-state index is 12.6. The van der Waals surface area contributed by atoms with E-state index in [-0.39, 0.29) is 12.0 Å². The fourth-order valence-corrected chi connectivity index (χ4v) is 2.50. The zero-order valence-corrected chi connectivity index (χ0v) is 12.2. The highest BCUT2D eigenvalue weighted by atomic mass is 19.4. The number of alkyl halides is 3. The van der Waals surface area contributed by atoms with E-state index in [4.69, 9.17) is 0 Å². The number of nitrogens with zero attached hydrogens (tertiary/aromatic N) is 1. The maximum absolute atomic E-state index is 12.6. The van der Waals surface area contributed by atoms with E-state index in [2.05, 4.69) is 29.3 Å². The van der Waals surface area contributed by atoms with E-state index < -0.39 is 6.18 Å². The molecule has 2 nitrogen and oxygen atoms in total. The standard InChI is InChI=1S/C16H21F3N2/c1-2-20-11-13-5-3-4-6-14(13)12-21-9-7-15(8-10-21)16(17,18)19/h3-7,20H,2,8-12H2,1H3. The van der Waals surface area contributed by atoms with E-state index in [1.54, 1.807) is 0 Å². The van der Waals surface area contributed by atoms with Gasteiger partial charge in [0.1, 0.15) is 0 Å². The summed E-state index contributed by atoms with van der Waals surface area (Å²) in [7, 11) is 0. The van der Waals surface area contributed by atoms with Gasteiger partial charge in [0.25, 0.3) is 0 Å². The first-order chi connectivity index (χ1) is 10.0. The van der Waals surface area contributed by atoms with Crippen LogP contribution in [-0.2, 0) is 13.1 Å². The van der Waals surface area contributed by atoms with Crippen LogP contribution in [0.5, 0.6) is 0 Å². The van der Waals surface area contributed by atoms with Crippen LogP contribution in [0, 0.1) is 0 Å². The molecule has 0 atom stereocenters. The van der Waals surface area contributed by atoms with E-state index in [1.807, 2.05) is 12.1 Å². The lowest BCUT2D eigenvalue weighted by Crippen LogP contribution is -2.32. The Hall–Kier alpha value is -1.33. The van der Waals surface area contributed by atoms with Gasteiger partial charge in [0, 0.05) is 31.8 Å². The number of benzene rings is 1. The quantitative estimate of drug-likeness (QED) is 0.837. The van der Waals surface area contributed by atoms with Crippen molar-refractivity contribution in [3.63, 3.8) is 0 Å². The van der Waals surface area contributed by atoms with Gasteiger partial charge in [-0.25, -0.2) is 0 Å². The Morgan fingerprint density at radius 2 is 1.90 bits per heavy atom. The van der Waals surface area contributed by atoms with Crippen molar-refractivity contribution >= 4 is 0 Å². The molecule has 1 aromatic carbocycles. The first-order valence-electron chi connectivity index (χ1n) is 7.26. The fraction of sp³-hybridized carbons (Fsp3) is 0.500. The minimum Gasteiger partial charge on any atom is -0.313 e. The van der Waals surface area contributed by atoms with Gasteiger partial charge in [0.15, 0.2) is 0 Å². The van der Waals surface area contributed by atoms with Crippen LogP contribution >= 0.6 is 0 Å². The van der Waals surface area contributed by atoms with E-state index in [1.165, 1.54) is 17.2 Å². The first kappa shape index (κ1) is 16.0. The summed E-state index contributed by atoms with van der Waals surface area (Å²) in [5.41, 5.74) is 2.01. The van der Waals surface area contributed by atoms with Crippen LogP contribution in [0.25, 0.3) is 0 Å². The third-order valence-corrected chi connectivity index (χ3v) is 3.74. The zero-order valence-electron chi connectivity index (χ0n) is 12.2. The molecule has 1 aliphatic rings. The molecule has 0 amide bonds. The Bertz CT molecular complexity index is 495. The van der Waals surface area contributed by atoms with Crippen molar-refractivity contribution in [2.75, 3.05) is 19.6 Å². The lowest BCUT2D eigenvalue weighted by atomic mass is 10.0. The molecule has 1 aromatic rings. The molecule has 0 spiro atoms. The SMILES string of the molecule is CCNCc1ccccc1CN1CC=C(C(F)(F)F)CC1. The number of hydrogen-bond acceptors (Lipinski definition) is 2. The smallest absolute Gasteiger partial charge is 0.313 e. The second kappa shape index (κ2) is 7.09. The van der Waals surface area contributed by atoms with Crippen molar-refractivity contribution in [1.29, 1.82) is 0 Å². The second-order valence-electron chi connectivity index (χ2n) is 5.26. The molecule has 0 aliphatic carbocycles. The summed E-state index contributed by atoms with van der Waals surface area (Å²) in [4.78, 5) is 2.06. The minimum absolute atomic E-state index is 0.0822. The lowest BCUT2D eigenvalue weighted by Gasteiger charge is -2.27. The molecule has 0 radical (unpaired) electrons. The molecule has 1 N–H and O–H groups in total. The highest BCUT2D eigenvalue weighted by molar-refractivity contribution is 5.27. The molecule has 2 rings (SSSR count). The van der Waals surface area contributed by atoms with E-state index >= 15 is 0 Å². The van der Waals surface area contributed by atoms with Gasteiger partial charge in [0.2, 0.25) is 0 Å². The molecule has 116 valence electrons. The van der Waals surface area contributed by atoms with E-state index in [9.17, 15) is 13.2 Å². The van der Waals surface area contributed by atoms with Crippen LogP contribution < -0.4 is 5.32 Å². The summed E-state index contributed by atoms with van der Waals surface area (Å²) in [5, 5.41) is 3.29. The Labute approximate surface area is 123 Å². The zero-order chi connectivity index (χ0) is 15.3. The third-order valence-electron chi connectivity index (χ3n) is 3.74. The van der Waals surface area contributed by atoms with Crippen LogP contribution in [0.2, 0.25) is 0 Å². The Morgan fingerprint density at radius 1 is 1.19 bits per heavy atom. The Morgan fingerprint density at radius 3 is 2.48 bits per heavy atom. The average Bonchev–Trinajstić information content (AvgIpc) is 2.46. The summed E-state index contributed by atoms with van der Waals surface area (Å²) in [6.45, 7) is 5.27. The first-order valence-corrected chi connectivity index (χ1v) is 7.26. The molecule has 0 unspecified atom stereocenters. The van der Waals surface area contributed by atoms with Gasteiger partial charge in [-0.15, -0.1) is 0 Å². The second-order valence-corrected chi connectivity index (χ2v) is 5.26. The molecule has 0 saturated carbocycles. The normalized spacial score (nSPS) is 16.9. The molecule has 0 saturated heterocycles. The van der Waals surface area contributed by atoms with Gasteiger partial charge in [-0.05, 0) is 24.1 Å². The summed E-state index contributed by atoms with van der Waals surface area (Å²) in [6, 6.07) is 8.09. The van der Waals surface area contributed by atoms with Crippen molar-refractivity contribution < 1.29 is 13.2 Å². The highest BCUT2D eigenvalue weighted by Crippen LogP contribution is 2.30. The number of rotatable bonds is 5. The van der Waals surface area contributed by atoms with Crippen LogP contribution in [-0.4, -0.2) is 30.7 Å². The predicted octanol–water partition coefficient (Wildman–Crippen LogP) is 3.49. The van der Waals surface area contributed by atoms with Gasteiger partial charge < -0.3 is 5.32 Å². The molecular formula is C16H21F3N2. The molecule has 0 bridgehead atoms. The van der Waals surface area contributed by atoms with Gasteiger partial charge in [-0.1, -0.05) is 37.3 Å². The summed E-state index contributed by atoms with van der Waals surface area (Å²) >= 11 is 0. The Kier molecular flexibility index (Phi) is 5.42. The molecule has 0 fully saturated rings. The predicted molar refractivity (Wildman–Crippen MR) is 77.9 cm³/mol. The van der Waals surface area contributed by atoms with Gasteiger partial charge in [0.05, 0.1) is 0 Å². The summed E-state index contributed by atoms with van der Waals surface area (Å²) < 4.78 is 37.8. The van der Waals surface area contributed by atoms with Gasteiger partial charge in [-0.2, -0.15) is 13.2 Å². The van der Waals surface area contributed by atoms with Gasteiger partial charge >= 0.3 is 6.18 Å².